The highest BCUT2D eigenvalue weighted by Crippen LogP contribution is 2.29. The highest BCUT2D eigenvalue weighted by Gasteiger charge is 2.31. The van der Waals surface area contributed by atoms with Crippen LogP contribution in [0.25, 0.3) is 10.9 Å². The number of aromatic nitrogens is 1. The van der Waals surface area contributed by atoms with Gasteiger partial charge in [0.05, 0.1) is 16.6 Å². The van der Waals surface area contributed by atoms with Gasteiger partial charge in [0.15, 0.2) is 0 Å². The Hall–Kier alpha value is -3.42. The molecule has 0 saturated heterocycles. The number of fused-ring (bicyclic) bond motifs is 1. The molecule has 0 fully saturated rings. The smallest absolute Gasteiger partial charge is 0.368 e. The molecule has 0 aliphatic heterocycles. The summed E-state index contributed by atoms with van der Waals surface area (Å²) in [5, 5.41) is 3.24. The Morgan fingerprint density at radius 1 is 1.07 bits per heavy atom. The summed E-state index contributed by atoms with van der Waals surface area (Å²) in [6.45, 7) is 0. The Kier molecular flexibility index (Phi) is 5.30. The van der Waals surface area contributed by atoms with Crippen LogP contribution in [0.2, 0.25) is 0 Å². The molecule has 2 amide bonds. The molecule has 144 valence electrons. The maximum atomic E-state index is 12.9. The summed E-state index contributed by atoms with van der Waals surface area (Å²) in [7, 11) is 0. The molecule has 0 radical (unpaired) electrons. The molecule has 2 aromatic carbocycles. The number of amides is 2. The quantitative estimate of drug-likeness (QED) is 0.706. The number of para-hydroxylation sites is 1. The molecule has 1 atom stereocenters. The van der Waals surface area contributed by atoms with Crippen LogP contribution in [0.3, 0.4) is 0 Å². The fraction of sp³-hybridized carbons (Fsp3) is 0.150. The Morgan fingerprint density at radius 3 is 2.50 bits per heavy atom. The van der Waals surface area contributed by atoms with E-state index in [-0.39, 0.29) is 17.5 Å². The highest BCUT2D eigenvalue weighted by atomic mass is 19.4. The van der Waals surface area contributed by atoms with Gasteiger partial charge in [0.2, 0.25) is 5.91 Å². The van der Waals surface area contributed by atoms with Crippen LogP contribution in [0, 0.1) is 0 Å². The van der Waals surface area contributed by atoms with Gasteiger partial charge in [0.1, 0.15) is 6.04 Å². The number of benzene rings is 2. The SMILES string of the molecule is NC(=O)[C@@H](Cc1cccc(C(F)(F)F)c1)NC(=O)c1cccc2cccnc12. The van der Waals surface area contributed by atoms with E-state index in [1.807, 2.05) is 0 Å². The molecule has 0 unspecified atom stereocenters. The average molecular weight is 387 g/mol. The van der Waals surface area contributed by atoms with Crippen LogP contribution in [0.1, 0.15) is 21.5 Å². The Labute approximate surface area is 158 Å². The molecular formula is C20H16F3N3O2. The molecule has 1 aromatic heterocycles. The lowest BCUT2D eigenvalue weighted by Crippen LogP contribution is -2.46. The number of hydrogen-bond acceptors (Lipinski definition) is 3. The number of nitrogens with zero attached hydrogens (tertiary/aromatic N) is 1. The molecule has 8 heteroatoms. The Bertz CT molecular complexity index is 1030. The van der Waals surface area contributed by atoms with E-state index in [9.17, 15) is 22.8 Å². The molecule has 0 spiro atoms. The van der Waals surface area contributed by atoms with Crippen molar-refractivity contribution in [1.29, 1.82) is 0 Å². The molecule has 28 heavy (non-hydrogen) atoms. The summed E-state index contributed by atoms with van der Waals surface area (Å²) >= 11 is 0. The van der Waals surface area contributed by atoms with Crippen LogP contribution in [-0.2, 0) is 17.4 Å². The number of pyridine rings is 1. The van der Waals surface area contributed by atoms with Crippen LogP contribution in [0.5, 0.6) is 0 Å². The lowest BCUT2D eigenvalue weighted by atomic mass is 10.0. The number of primary amides is 1. The number of carbonyl (C=O) groups is 2. The number of nitrogens with two attached hydrogens (primary N) is 1. The predicted molar refractivity (Wildman–Crippen MR) is 97.3 cm³/mol. The van der Waals surface area contributed by atoms with Gasteiger partial charge in [-0.1, -0.05) is 36.4 Å². The van der Waals surface area contributed by atoms with Crippen molar-refractivity contribution >= 4 is 22.7 Å². The molecule has 0 saturated carbocycles. The average Bonchev–Trinajstić information content (AvgIpc) is 2.66. The second-order valence-corrected chi connectivity index (χ2v) is 6.21. The van der Waals surface area contributed by atoms with E-state index in [0.717, 1.165) is 17.5 Å². The molecule has 0 aliphatic rings. The van der Waals surface area contributed by atoms with Crippen molar-refractivity contribution in [3.05, 3.63) is 77.5 Å². The molecule has 3 aromatic rings. The molecule has 3 N–H and O–H groups in total. The van der Waals surface area contributed by atoms with Gasteiger partial charge in [-0.3, -0.25) is 14.6 Å². The standard InChI is InChI=1S/C20H16F3N3O2/c21-20(22,23)14-7-1-4-12(10-14)11-16(18(24)27)26-19(28)15-8-2-5-13-6-3-9-25-17(13)15/h1-10,16H,11H2,(H2,24,27)(H,26,28)/t16-/m1/s1. The number of nitrogens with one attached hydrogen (secondary N) is 1. The minimum atomic E-state index is -4.50. The largest absolute Gasteiger partial charge is 0.416 e. The lowest BCUT2D eigenvalue weighted by molar-refractivity contribution is -0.137. The van der Waals surface area contributed by atoms with E-state index < -0.39 is 29.6 Å². The summed E-state index contributed by atoms with van der Waals surface area (Å²) < 4.78 is 38.6. The van der Waals surface area contributed by atoms with Gasteiger partial charge in [-0.05, 0) is 23.8 Å². The van der Waals surface area contributed by atoms with Crippen molar-refractivity contribution in [2.75, 3.05) is 0 Å². The number of halogens is 3. The van der Waals surface area contributed by atoms with E-state index in [0.29, 0.717) is 5.52 Å². The molecule has 1 heterocycles. The van der Waals surface area contributed by atoms with Crippen molar-refractivity contribution in [1.82, 2.24) is 10.3 Å². The minimum Gasteiger partial charge on any atom is -0.368 e. The predicted octanol–water partition coefficient (Wildman–Crippen LogP) is 3.08. The van der Waals surface area contributed by atoms with Gasteiger partial charge in [0, 0.05) is 18.0 Å². The van der Waals surface area contributed by atoms with E-state index in [4.69, 9.17) is 5.73 Å². The molecule has 0 aliphatic carbocycles. The molecule has 3 rings (SSSR count). The van der Waals surface area contributed by atoms with Gasteiger partial charge in [-0.15, -0.1) is 0 Å². The van der Waals surface area contributed by atoms with Gasteiger partial charge in [-0.25, -0.2) is 0 Å². The highest BCUT2D eigenvalue weighted by molar-refractivity contribution is 6.06. The Morgan fingerprint density at radius 2 is 1.79 bits per heavy atom. The van der Waals surface area contributed by atoms with Crippen LogP contribution in [-0.4, -0.2) is 22.8 Å². The van der Waals surface area contributed by atoms with Crippen molar-refractivity contribution in [3.8, 4) is 0 Å². The summed E-state index contributed by atoms with van der Waals surface area (Å²) in [6.07, 6.45) is -3.13. The van der Waals surface area contributed by atoms with Crippen molar-refractivity contribution < 1.29 is 22.8 Å². The zero-order chi connectivity index (χ0) is 20.3. The third-order valence-corrected chi connectivity index (χ3v) is 4.22. The fourth-order valence-electron chi connectivity index (χ4n) is 2.86. The van der Waals surface area contributed by atoms with Gasteiger partial charge in [0.25, 0.3) is 5.91 Å². The zero-order valence-electron chi connectivity index (χ0n) is 14.5. The minimum absolute atomic E-state index is 0.164. The second kappa shape index (κ2) is 7.67. The summed E-state index contributed by atoms with van der Waals surface area (Å²) in [4.78, 5) is 28.6. The molecule has 5 nitrogen and oxygen atoms in total. The van der Waals surface area contributed by atoms with Crippen molar-refractivity contribution in [3.63, 3.8) is 0 Å². The van der Waals surface area contributed by atoms with E-state index >= 15 is 0 Å². The van der Waals surface area contributed by atoms with Crippen LogP contribution in [0.4, 0.5) is 13.2 Å². The third kappa shape index (κ3) is 4.28. The van der Waals surface area contributed by atoms with Gasteiger partial charge < -0.3 is 11.1 Å². The first-order chi connectivity index (χ1) is 13.3. The van der Waals surface area contributed by atoms with Gasteiger partial charge >= 0.3 is 6.18 Å². The molecule has 0 bridgehead atoms. The first kappa shape index (κ1) is 19.3. The maximum Gasteiger partial charge on any atom is 0.416 e. The maximum absolute atomic E-state index is 12.9. The third-order valence-electron chi connectivity index (χ3n) is 4.22. The number of hydrogen-bond donors (Lipinski definition) is 2. The van der Waals surface area contributed by atoms with Crippen LogP contribution >= 0.6 is 0 Å². The lowest BCUT2D eigenvalue weighted by Gasteiger charge is -2.17. The topological polar surface area (TPSA) is 85.1 Å². The zero-order valence-corrected chi connectivity index (χ0v) is 14.5. The van der Waals surface area contributed by atoms with Gasteiger partial charge in [-0.2, -0.15) is 13.2 Å². The monoisotopic (exact) mass is 387 g/mol. The summed E-state index contributed by atoms with van der Waals surface area (Å²) in [5.74, 6) is -1.43. The van der Waals surface area contributed by atoms with Crippen LogP contribution < -0.4 is 11.1 Å². The first-order valence-electron chi connectivity index (χ1n) is 8.36. The van der Waals surface area contributed by atoms with Crippen molar-refractivity contribution in [2.45, 2.75) is 18.6 Å². The second-order valence-electron chi connectivity index (χ2n) is 6.21. The summed E-state index contributed by atoms with van der Waals surface area (Å²) in [6, 6.07) is 11.9. The van der Waals surface area contributed by atoms with E-state index in [2.05, 4.69) is 10.3 Å². The Balaban J connectivity index is 1.84. The first-order valence-corrected chi connectivity index (χ1v) is 8.36. The number of rotatable bonds is 5. The fourth-order valence-corrected chi connectivity index (χ4v) is 2.86. The summed E-state index contributed by atoms with van der Waals surface area (Å²) in [5.41, 5.74) is 5.44. The normalized spacial score (nSPS) is 12.5. The van der Waals surface area contributed by atoms with Crippen LogP contribution in [0.15, 0.2) is 60.8 Å². The molecular weight excluding hydrogens is 371 g/mol. The van der Waals surface area contributed by atoms with E-state index in [1.54, 1.807) is 30.3 Å². The number of carbonyl (C=O) groups excluding carboxylic acids is 2. The number of alkyl halides is 3. The van der Waals surface area contributed by atoms with E-state index in [1.165, 1.54) is 18.3 Å². The van der Waals surface area contributed by atoms with Crippen molar-refractivity contribution in [2.24, 2.45) is 5.73 Å².